The van der Waals surface area contributed by atoms with E-state index in [1.807, 2.05) is 20.8 Å². The van der Waals surface area contributed by atoms with Crippen LogP contribution in [-0.4, -0.2) is 101 Å². The van der Waals surface area contributed by atoms with E-state index in [9.17, 15) is 29.4 Å². The lowest BCUT2D eigenvalue weighted by atomic mass is 9.51. The molecule has 4 heterocycles. The molecule has 2 spiro atoms. The lowest BCUT2D eigenvalue weighted by Gasteiger charge is -2.48. The number of carboxylic acid groups (broad SMARTS) is 1. The monoisotopic (exact) mass is 526 g/mol. The molecule has 0 aromatic rings. The van der Waals surface area contributed by atoms with Gasteiger partial charge in [0.2, 0.25) is 11.9 Å². The maximum atomic E-state index is 13.7. The Bertz CT molecular complexity index is 1100. The van der Waals surface area contributed by atoms with Crippen molar-refractivity contribution in [1.29, 1.82) is 0 Å². The Balaban J connectivity index is 1.53. The maximum Gasteiger partial charge on any atom is 0.343 e. The molecule has 4 saturated heterocycles. The van der Waals surface area contributed by atoms with Gasteiger partial charge < -0.3 is 43.7 Å². The van der Waals surface area contributed by atoms with Crippen LogP contribution in [0.15, 0.2) is 0 Å². The van der Waals surface area contributed by atoms with Gasteiger partial charge in [0.15, 0.2) is 17.8 Å². The number of esters is 3. The van der Waals surface area contributed by atoms with Crippen LogP contribution in [0, 0.1) is 28.1 Å². The SMILES string of the molecule is CC1C(=O)O[C@H]2[C@H](O)[C@@]34C5CC(C(C)(C)C)C36[C@@H](OC(=O)[C@@H]6OCCOCC(=O)O)O[C@@]4(C(=O)O5)[C@@]12O. The van der Waals surface area contributed by atoms with E-state index in [0.29, 0.717) is 0 Å². The summed E-state index contributed by atoms with van der Waals surface area (Å²) < 4.78 is 34.3. The first-order valence-corrected chi connectivity index (χ1v) is 12.4. The fraction of sp³-hybridized carbons (Fsp3) is 0.833. The zero-order valence-electron chi connectivity index (χ0n) is 20.8. The van der Waals surface area contributed by atoms with Crippen LogP contribution in [-0.2, 0) is 47.6 Å². The minimum Gasteiger partial charge on any atom is -0.480 e. The average molecular weight is 526 g/mol. The summed E-state index contributed by atoms with van der Waals surface area (Å²) in [7, 11) is 0. The summed E-state index contributed by atoms with van der Waals surface area (Å²) in [5.41, 5.74) is -8.36. The summed E-state index contributed by atoms with van der Waals surface area (Å²) in [6.07, 6.45) is -6.70. The van der Waals surface area contributed by atoms with Gasteiger partial charge in [-0.15, -0.1) is 0 Å². The number of aliphatic hydroxyl groups is 2. The largest absolute Gasteiger partial charge is 0.480 e. The molecule has 4 aliphatic heterocycles. The van der Waals surface area contributed by atoms with Crippen molar-refractivity contribution in [1.82, 2.24) is 0 Å². The van der Waals surface area contributed by atoms with Crippen LogP contribution >= 0.6 is 0 Å². The average Bonchev–Trinajstić information content (AvgIpc) is 3.51. The number of rotatable bonds is 6. The Hall–Kier alpha value is -2.32. The Labute approximate surface area is 211 Å². The van der Waals surface area contributed by atoms with Gasteiger partial charge in [0.05, 0.1) is 30.0 Å². The van der Waals surface area contributed by atoms with Gasteiger partial charge in [-0.25, -0.2) is 14.4 Å². The summed E-state index contributed by atoms with van der Waals surface area (Å²) in [6.45, 7) is 6.27. The van der Waals surface area contributed by atoms with Gasteiger partial charge in [-0.05, 0) is 24.7 Å². The van der Waals surface area contributed by atoms with Gasteiger partial charge >= 0.3 is 23.9 Å². The second-order valence-corrected chi connectivity index (χ2v) is 12.0. The molecule has 0 amide bonds. The van der Waals surface area contributed by atoms with Crippen LogP contribution in [0.1, 0.15) is 34.1 Å². The zero-order valence-corrected chi connectivity index (χ0v) is 20.8. The molecule has 3 N–H and O–H groups in total. The number of carboxylic acids is 1. The highest BCUT2D eigenvalue weighted by Crippen LogP contribution is 2.84. The fourth-order valence-electron chi connectivity index (χ4n) is 8.68. The first-order chi connectivity index (χ1) is 17.2. The van der Waals surface area contributed by atoms with E-state index in [-0.39, 0.29) is 19.6 Å². The molecule has 0 bridgehead atoms. The number of fused-ring (bicyclic) bond motifs is 1. The van der Waals surface area contributed by atoms with Crippen molar-refractivity contribution in [2.45, 2.75) is 76.0 Å². The van der Waals surface area contributed by atoms with Crippen molar-refractivity contribution in [2.24, 2.45) is 28.1 Å². The standard InChI is InChI=1S/C24H30O13/c1-9-16(28)35-14-13(27)22-11-7-10(20(2,3)4)21(22)15(33-6-5-32-8-12(25)26)17(29)36-19(21)37-24(22,18(30)34-11)23(9,14)31/h9-11,13-15,19,27,31H,5-8H2,1-4H3,(H,25,26)/t9?,10?,11?,13-,14-,15-,19-,21?,22-,23+,24+/m0/s1. The second kappa shape index (κ2) is 7.20. The number of hydrogen-bond acceptors (Lipinski definition) is 12. The minimum absolute atomic E-state index is 0.154. The number of carbonyl (C=O) groups excluding carboxylic acids is 3. The highest BCUT2D eigenvalue weighted by molar-refractivity contribution is 5.94. The van der Waals surface area contributed by atoms with Crippen LogP contribution in [0.25, 0.3) is 0 Å². The molecule has 0 radical (unpaired) electrons. The summed E-state index contributed by atoms with van der Waals surface area (Å²) in [5.74, 6) is -5.44. The van der Waals surface area contributed by atoms with E-state index in [0.717, 1.165) is 0 Å². The molecule has 4 unspecified atom stereocenters. The molecular formula is C24H30O13. The highest BCUT2D eigenvalue weighted by atomic mass is 16.8. The van der Waals surface area contributed by atoms with Crippen molar-refractivity contribution >= 4 is 23.9 Å². The molecule has 0 aromatic heterocycles. The number of carbonyl (C=O) groups is 4. The topological polar surface area (TPSA) is 184 Å². The Kier molecular flexibility index (Phi) is 4.86. The Morgan fingerprint density at radius 3 is 2.46 bits per heavy atom. The fourth-order valence-corrected chi connectivity index (χ4v) is 8.68. The molecule has 6 rings (SSSR count). The van der Waals surface area contributed by atoms with Crippen molar-refractivity contribution in [3.05, 3.63) is 0 Å². The van der Waals surface area contributed by atoms with Gasteiger partial charge in [-0.3, -0.25) is 4.79 Å². The quantitative estimate of drug-likeness (QED) is 0.212. The Morgan fingerprint density at radius 2 is 1.81 bits per heavy atom. The zero-order chi connectivity index (χ0) is 26.9. The van der Waals surface area contributed by atoms with Crippen LogP contribution in [0.3, 0.4) is 0 Å². The van der Waals surface area contributed by atoms with Gasteiger partial charge in [0.1, 0.15) is 18.8 Å². The minimum atomic E-state index is -2.29. The molecule has 37 heavy (non-hydrogen) atoms. The van der Waals surface area contributed by atoms with Gasteiger partial charge in [-0.2, -0.15) is 0 Å². The lowest BCUT2D eigenvalue weighted by molar-refractivity contribution is -0.240. The highest BCUT2D eigenvalue weighted by Gasteiger charge is 3.04. The van der Waals surface area contributed by atoms with E-state index in [1.54, 1.807) is 0 Å². The predicted molar refractivity (Wildman–Crippen MR) is 114 cm³/mol. The molecule has 6 aliphatic rings. The van der Waals surface area contributed by atoms with Crippen molar-refractivity contribution in [3.8, 4) is 0 Å². The van der Waals surface area contributed by atoms with E-state index in [2.05, 4.69) is 0 Å². The number of aliphatic hydroxyl groups excluding tert-OH is 1. The van der Waals surface area contributed by atoms with E-state index in [1.165, 1.54) is 6.92 Å². The molecule has 2 aliphatic carbocycles. The van der Waals surface area contributed by atoms with Crippen molar-refractivity contribution in [3.63, 3.8) is 0 Å². The molecule has 13 nitrogen and oxygen atoms in total. The smallest absolute Gasteiger partial charge is 0.343 e. The summed E-state index contributed by atoms with van der Waals surface area (Å²) >= 11 is 0. The van der Waals surface area contributed by atoms with E-state index >= 15 is 0 Å². The molecule has 204 valence electrons. The van der Waals surface area contributed by atoms with Crippen LogP contribution in [0.2, 0.25) is 0 Å². The van der Waals surface area contributed by atoms with Gasteiger partial charge in [-0.1, -0.05) is 20.8 Å². The third-order valence-corrected chi connectivity index (χ3v) is 9.71. The van der Waals surface area contributed by atoms with E-state index < -0.39 is 100 Å². The first-order valence-electron chi connectivity index (χ1n) is 12.4. The molecule has 2 saturated carbocycles. The van der Waals surface area contributed by atoms with Crippen LogP contribution < -0.4 is 0 Å². The molecule has 11 atom stereocenters. The third-order valence-electron chi connectivity index (χ3n) is 9.71. The normalized spacial score (nSPS) is 50.9. The summed E-state index contributed by atoms with van der Waals surface area (Å²) in [6, 6.07) is 0. The van der Waals surface area contributed by atoms with Crippen molar-refractivity contribution in [2.75, 3.05) is 19.8 Å². The van der Waals surface area contributed by atoms with Crippen LogP contribution in [0.5, 0.6) is 0 Å². The second-order valence-electron chi connectivity index (χ2n) is 12.0. The first kappa shape index (κ1) is 25.0. The molecule has 6 fully saturated rings. The number of aliphatic carboxylic acids is 1. The van der Waals surface area contributed by atoms with Crippen LogP contribution in [0.4, 0.5) is 0 Å². The number of ether oxygens (including phenoxy) is 6. The van der Waals surface area contributed by atoms with Gasteiger partial charge in [0, 0.05) is 0 Å². The summed E-state index contributed by atoms with van der Waals surface area (Å²) in [4.78, 5) is 50.3. The maximum absolute atomic E-state index is 13.7. The molecule has 0 aromatic carbocycles. The van der Waals surface area contributed by atoms with Crippen molar-refractivity contribution < 1.29 is 62.9 Å². The lowest BCUT2D eigenvalue weighted by Crippen LogP contribution is -2.67. The van der Waals surface area contributed by atoms with E-state index in [4.69, 9.17) is 33.5 Å². The Morgan fingerprint density at radius 1 is 1.11 bits per heavy atom. The molecule has 13 heteroatoms. The third kappa shape index (κ3) is 2.36. The van der Waals surface area contributed by atoms with Gasteiger partial charge in [0.25, 0.3) is 0 Å². The molecular weight excluding hydrogens is 496 g/mol. The summed E-state index contributed by atoms with van der Waals surface area (Å²) in [5, 5.41) is 32.9. The predicted octanol–water partition coefficient (Wildman–Crippen LogP) is -1.24. The number of hydrogen-bond donors (Lipinski definition) is 3.